The Hall–Kier alpha value is -1.75. The molecular weight excluding hydrogens is 242 g/mol. The van der Waals surface area contributed by atoms with Gasteiger partial charge < -0.3 is 20.6 Å². The molecule has 0 radical (unpaired) electrons. The van der Waals surface area contributed by atoms with E-state index in [4.69, 9.17) is 5.11 Å². The highest BCUT2D eigenvalue weighted by atomic mass is 16.3. The second-order valence-corrected chi connectivity index (χ2v) is 4.45. The number of carbonyl (C=O) groups excluding carboxylic acids is 1. The number of para-hydroxylation sites is 1. The number of nitrogens with zero attached hydrogens (tertiary/aromatic N) is 1. The van der Waals surface area contributed by atoms with Crippen molar-refractivity contribution in [2.75, 3.05) is 31.6 Å². The van der Waals surface area contributed by atoms with Gasteiger partial charge in [0.05, 0.1) is 12.6 Å². The Labute approximate surface area is 114 Å². The van der Waals surface area contributed by atoms with Crippen molar-refractivity contribution in [1.82, 2.24) is 10.6 Å². The normalized spacial score (nSPS) is 11.7. The highest BCUT2D eigenvalue weighted by Gasteiger charge is 2.08. The Morgan fingerprint density at radius 2 is 2.05 bits per heavy atom. The van der Waals surface area contributed by atoms with Crippen molar-refractivity contribution in [3.8, 4) is 0 Å². The van der Waals surface area contributed by atoms with Crippen LogP contribution < -0.4 is 15.5 Å². The van der Waals surface area contributed by atoms with Crippen molar-refractivity contribution in [2.24, 2.45) is 0 Å². The predicted octanol–water partition coefficient (Wildman–Crippen LogP) is 1.19. The van der Waals surface area contributed by atoms with Gasteiger partial charge in [-0.2, -0.15) is 0 Å². The van der Waals surface area contributed by atoms with E-state index >= 15 is 0 Å². The lowest BCUT2D eigenvalue weighted by molar-refractivity contribution is 0.215. The molecule has 0 heterocycles. The molecule has 5 heteroatoms. The smallest absolute Gasteiger partial charge is 0.315 e. The molecule has 1 rings (SSSR count). The van der Waals surface area contributed by atoms with Gasteiger partial charge in [0.15, 0.2) is 0 Å². The second-order valence-electron chi connectivity index (χ2n) is 4.45. The Morgan fingerprint density at radius 3 is 2.63 bits per heavy atom. The van der Waals surface area contributed by atoms with E-state index in [1.807, 2.05) is 44.3 Å². The van der Waals surface area contributed by atoms with Gasteiger partial charge in [0.1, 0.15) is 0 Å². The van der Waals surface area contributed by atoms with Crippen LogP contribution in [0.3, 0.4) is 0 Å². The van der Waals surface area contributed by atoms with Crippen LogP contribution in [0.4, 0.5) is 10.5 Å². The number of aliphatic hydroxyl groups is 1. The molecule has 1 unspecified atom stereocenters. The highest BCUT2D eigenvalue weighted by molar-refractivity contribution is 5.74. The van der Waals surface area contributed by atoms with Crippen molar-refractivity contribution < 1.29 is 9.90 Å². The molecule has 1 aromatic carbocycles. The summed E-state index contributed by atoms with van der Waals surface area (Å²) in [7, 11) is 1.98. The first kappa shape index (κ1) is 15.3. The van der Waals surface area contributed by atoms with Crippen LogP contribution >= 0.6 is 0 Å². The topological polar surface area (TPSA) is 64.6 Å². The van der Waals surface area contributed by atoms with Gasteiger partial charge in [0.2, 0.25) is 0 Å². The molecule has 0 fully saturated rings. The molecule has 0 aliphatic carbocycles. The summed E-state index contributed by atoms with van der Waals surface area (Å²) in [4.78, 5) is 13.6. The fourth-order valence-corrected chi connectivity index (χ4v) is 1.66. The van der Waals surface area contributed by atoms with E-state index in [0.29, 0.717) is 13.0 Å². The summed E-state index contributed by atoms with van der Waals surface area (Å²) >= 11 is 0. The minimum absolute atomic E-state index is 0.0339. The molecule has 2 amide bonds. The van der Waals surface area contributed by atoms with Gasteiger partial charge in [-0.3, -0.25) is 0 Å². The van der Waals surface area contributed by atoms with Crippen LogP contribution in [-0.4, -0.2) is 43.9 Å². The number of urea groups is 1. The Morgan fingerprint density at radius 1 is 1.37 bits per heavy atom. The van der Waals surface area contributed by atoms with Crippen LogP contribution in [-0.2, 0) is 0 Å². The Bertz CT molecular complexity index is 366. The molecule has 1 aromatic rings. The first-order chi connectivity index (χ1) is 9.17. The molecule has 5 nitrogen and oxygen atoms in total. The molecule has 19 heavy (non-hydrogen) atoms. The van der Waals surface area contributed by atoms with Crippen LogP contribution in [0.2, 0.25) is 0 Å². The number of benzene rings is 1. The van der Waals surface area contributed by atoms with Crippen molar-refractivity contribution in [3.63, 3.8) is 0 Å². The minimum atomic E-state index is -0.234. The average molecular weight is 265 g/mol. The van der Waals surface area contributed by atoms with E-state index in [2.05, 4.69) is 15.5 Å². The zero-order chi connectivity index (χ0) is 14.1. The van der Waals surface area contributed by atoms with E-state index in [0.717, 1.165) is 12.2 Å². The lowest BCUT2D eigenvalue weighted by atomic mass is 10.2. The summed E-state index contributed by atoms with van der Waals surface area (Å²) in [6.45, 7) is 3.17. The molecule has 0 aliphatic heterocycles. The third-order valence-electron chi connectivity index (χ3n) is 2.98. The van der Waals surface area contributed by atoms with Crippen molar-refractivity contribution in [1.29, 1.82) is 0 Å². The van der Waals surface area contributed by atoms with Gasteiger partial charge in [-0.05, 0) is 18.6 Å². The molecule has 106 valence electrons. The minimum Gasteiger partial charge on any atom is -0.394 e. The third-order valence-corrected chi connectivity index (χ3v) is 2.98. The SMILES string of the molecule is CCC(CO)NC(=O)NCCN(C)c1ccccc1. The Kier molecular flexibility index (Phi) is 6.74. The van der Waals surface area contributed by atoms with Gasteiger partial charge in [-0.1, -0.05) is 25.1 Å². The maximum Gasteiger partial charge on any atom is 0.315 e. The second kappa shape index (κ2) is 8.37. The molecule has 0 bridgehead atoms. The standard InChI is InChI=1S/C14H23N3O2/c1-3-12(11-18)16-14(19)15-9-10-17(2)13-7-5-4-6-8-13/h4-8,12,18H,3,9-11H2,1-2H3,(H2,15,16,19). The molecule has 0 saturated heterocycles. The maximum atomic E-state index is 11.5. The summed E-state index contributed by atoms with van der Waals surface area (Å²) < 4.78 is 0. The number of aliphatic hydroxyl groups excluding tert-OH is 1. The number of amides is 2. The zero-order valence-corrected chi connectivity index (χ0v) is 11.6. The van der Waals surface area contributed by atoms with Crippen molar-refractivity contribution in [3.05, 3.63) is 30.3 Å². The summed E-state index contributed by atoms with van der Waals surface area (Å²) in [6.07, 6.45) is 0.716. The fraction of sp³-hybridized carbons (Fsp3) is 0.500. The number of hydrogen-bond donors (Lipinski definition) is 3. The number of likely N-dealkylation sites (N-methyl/N-ethyl adjacent to an activating group) is 1. The van der Waals surface area contributed by atoms with Crippen LogP contribution in [0.15, 0.2) is 30.3 Å². The molecule has 1 atom stereocenters. The lowest BCUT2D eigenvalue weighted by Gasteiger charge is -2.20. The Balaban J connectivity index is 2.25. The van der Waals surface area contributed by atoms with Crippen LogP contribution in [0, 0.1) is 0 Å². The monoisotopic (exact) mass is 265 g/mol. The molecule has 0 spiro atoms. The highest BCUT2D eigenvalue weighted by Crippen LogP contribution is 2.09. The number of nitrogens with one attached hydrogen (secondary N) is 2. The van der Waals surface area contributed by atoms with Gasteiger partial charge in [0, 0.05) is 25.8 Å². The van der Waals surface area contributed by atoms with Gasteiger partial charge in [-0.15, -0.1) is 0 Å². The van der Waals surface area contributed by atoms with E-state index in [1.54, 1.807) is 0 Å². The maximum absolute atomic E-state index is 11.5. The van der Waals surface area contributed by atoms with Crippen LogP contribution in [0.25, 0.3) is 0 Å². The lowest BCUT2D eigenvalue weighted by Crippen LogP contribution is -2.45. The number of carbonyl (C=O) groups is 1. The third kappa shape index (κ3) is 5.61. The molecule has 0 aromatic heterocycles. The summed E-state index contributed by atoms with van der Waals surface area (Å²) in [5, 5.41) is 14.5. The van der Waals surface area contributed by atoms with Crippen molar-refractivity contribution >= 4 is 11.7 Å². The summed E-state index contributed by atoms with van der Waals surface area (Å²) in [6, 6.07) is 9.59. The first-order valence-electron chi connectivity index (χ1n) is 6.58. The number of hydrogen-bond acceptors (Lipinski definition) is 3. The van der Waals surface area contributed by atoms with Gasteiger partial charge in [-0.25, -0.2) is 4.79 Å². The average Bonchev–Trinajstić information content (AvgIpc) is 2.45. The van der Waals surface area contributed by atoms with E-state index in [1.165, 1.54) is 0 Å². The molecular formula is C14H23N3O2. The number of rotatable bonds is 7. The zero-order valence-electron chi connectivity index (χ0n) is 11.6. The van der Waals surface area contributed by atoms with Crippen LogP contribution in [0.1, 0.15) is 13.3 Å². The predicted molar refractivity (Wildman–Crippen MR) is 77.4 cm³/mol. The van der Waals surface area contributed by atoms with E-state index in [-0.39, 0.29) is 18.7 Å². The van der Waals surface area contributed by atoms with Crippen molar-refractivity contribution in [2.45, 2.75) is 19.4 Å². The quantitative estimate of drug-likeness (QED) is 0.694. The molecule has 3 N–H and O–H groups in total. The summed E-state index contributed by atoms with van der Waals surface area (Å²) in [5.74, 6) is 0. The van der Waals surface area contributed by atoms with E-state index in [9.17, 15) is 4.79 Å². The molecule has 0 aliphatic rings. The summed E-state index contributed by atoms with van der Waals surface area (Å²) in [5.41, 5.74) is 1.12. The van der Waals surface area contributed by atoms with E-state index < -0.39 is 0 Å². The van der Waals surface area contributed by atoms with Gasteiger partial charge in [0.25, 0.3) is 0 Å². The number of anilines is 1. The first-order valence-corrected chi connectivity index (χ1v) is 6.58. The fourth-order valence-electron chi connectivity index (χ4n) is 1.66. The van der Waals surface area contributed by atoms with Gasteiger partial charge >= 0.3 is 6.03 Å². The largest absolute Gasteiger partial charge is 0.394 e. The molecule has 0 saturated carbocycles. The van der Waals surface area contributed by atoms with Crippen LogP contribution in [0.5, 0.6) is 0 Å².